The van der Waals surface area contributed by atoms with E-state index in [1.165, 1.54) is 54.4 Å². The van der Waals surface area contributed by atoms with Crippen LogP contribution in [-0.4, -0.2) is 5.71 Å². The smallest absolute Gasteiger partial charge is 0.112 e. The van der Waals surface area contributed by atoms with E-state index in [-0.39, 0.29) is 0 Å². The van der Waals surface area contributed by atoms with Gasteiger partial charge < -0.3 is 0 Å². The molecule has 4 aliphatic carbocycles. The second-order valence-corrected chi connectivity index (χ2v) is 16.8. The van der Waals surface area contributed by atoms with Crippen molar-refractivity contribution in [3.05, 3.63) is 215 Å². The highest BCUT2D eigenvalue weighted by Gasteiger charge is 2.31. The van der Waals surface area contributed by atoms with Gasteiger partial charge in [-0.25, -0.2) is 4.99 Å². The Morgan fingerprint density at radius 1 is 0.702 bits per heavy atom. The van der Waals surface area contributed by atoms with E-state index in [0.29, 0.717) is 23.7 Å². The highest BCUT2D eigenvalue weighted by molar-refractivity contribution is 6.11. The summed E-state index contributed by atoms with van der Waals surface area (Å²) in [7, 11) is 0. The second-order valence-electron chi connectivity index (χ2n) is 16.8. The minimum Gasteiger partial charge on any atom is -0.239 e. The monoisotopic (exact) mass is 743 g/mol. The van der Waals surface area contributed by atoms with Crippen molar-refractivity contribution < 1.29 is 0 Å². The molecule has 0 aromatic heterocycles. The third-order valence-corrected chi connectivity index (χ3v) is 13.0. The summed E-state index contributed by atoms with van der Waals surface area (Å²) in [6, 6.07) is 40.8. The topological polar surface area (TPSA) is 12.4 Å². The van der Waals surface area contributed by atoms with Crippen molar-refractivity contribution in [2.75, 3.05) is 0 Å². The quantitative estimate of drug-likeness (QED) is 0.0871. The zero-order valence-corrected chi connectivity index (χ0v) is 33.9. The summed E-state index contributed by atoms with van der Waals surface area (Å²) >= 11 is 0. The van der Waals surface area contributed by atoms with Crippen LogP contribution in [0.15, 0.2) is 203 Å². The van der Waals surface area contributed by atoms with E-state index in [4.69, 9.17) is 4.99 Å². The number of aliphatic imine (C=N–C) groups is 1. The maximum Gasteiger partial charge on any atom is 0.112 e. The summed E-state index contributed by atoms with van der Waals surface area (Å²) in [6.07, 6.45) is 28.1. The SMILES string of the molecule is C=C=C(N=C(/C=C(\C)C1CC=CC(C2=CC=C(C3=CCC(C)CC3C3=CCC(c4ccccc4)CC3)CC2)C1)c1ccccc1)c1ccc(-c2ccccc2)cc1. The first-order valence-electron chi connectivity index (χ1n) is 21.4. The van der Waals surface area contributed by atoms with Gasteiger partial charge in [0.15, 0.2) is 0 Å². The molecule has 4 aliphatic rings. The number of rotatable bonds is 10. The van der Waals surface area contributed by atoms with Crippen LogP contribution in [-0.2, 0) is 0 Å². The molecule has 0 radical (unpaired) electrons. The largest absolute Gasteiger partial charge is 0.239 e. The molecule has 0 bridgehead atoms. The van der Waals surface area contributed by atoms with E-state index in [1.807, 2.05) is 0 Å². The molecule has 0 saturated carbocycles. The lowest BCUT2D eigenvalue weighted by molar-refractivity contribution is 0.424. The van der Waals surface area contributed by atoms with Gasteiger partial charge >= 0.3 is 0 Å². The Morgan fingerprint density at radius 2 is 1.42 bits per heavy atom. The van der Waals surface area contributed by atoms with Crippen LogP contribution in [0.5, 0.6) is 0 Å². The summed E-state index contributed by atoms with van der Waals surface area (Å²) in [5.41, 5.74) is 18.8. The van der Waals surface area contributed by atoms with Crippen LogP contribution in [0.1, 0.15) is 94.2 Å². The molecule has 0 saturated heterocycles. The van der Waals surface area contributed by atoms with E-state index in [0.717, 1.165) is 54.1 Å². The Bertz CT molecular complexity index is 2280. The van der Waals surface area contributed by atoms with Crippen LogP contribution in [0.2, 0.25) is 0 Å². The maximum atomic E-state index is 5.23. The van der Waals surface area contributed by atoms with Gasteiger partial charge in [-0.15, -0.1) is 5.73 Å². The highest BCUT2D eigenvalue weighted by Crippen LogP contribution is 2.46. The number of hydrogen-bond acceptors (Lipinski definition) is 1. The first kappa shape index (κ1) is 38.4. The summed E-state index contributed by atoms with van der Waals surface area (Å²) in [5.74, 6) is 2.94. The van der Waals surface area contributed by atoms with Gasteiger partial charge in [0.2, 0.25) is 0 Å². The molecular weight excluding hydrogens is 687 g/mol. The van der Waals surface area contributed by atoms with Crippen molar-refractivity contribution in [3.63, 3.8) is 0 Å². The average molecular weight is 744 g/mol. The molecule has 1 nitrogen and oxygen atoms in total. The molecule has 8 rings (SSSR count). The van der Waals surface area contributed by atoms with Gasteiger partial charge in [0, 0.05) is 17.0 Å². The van der Waals surface area contributed by atoms with Gasteiger partial charge in [0.05, 0.1) is 5.71 Å². The van der Waals surface area contributed by atoms with E-state index in [9.17, 15) is 0 Å². The van der Waals surface area contributed by atoms with Gasteiger partial charge in [-0.05, 0) is 122 Å². The number of nitrogens with zero attached hydrogens (tertiary/aromatic N) is 1. The number of hydrogen-bond donors (Lipinski definition) is 0. The fourth-order valence-electron chi connectivity index (χ4n) is 9.64. The molecule has 5 unspecified atom stereocenters. The lowest BCUT2D eigenvalue weighted by Crippen LogP contribution is -2.21. The Hall–Kier alpha value is -5.49. The molecule has 4 aromatic carbocycles. The minimum atomic E-state index is 0.464. The Balaban J connectivity index is 0.979. The van der Waals surface area contributed by atoms with Gasteiger partial charge in [-0.3, -0.25) is 0 Å². The standard InChI is InChI=1S/C56H57N/c1-4-55(50-34-28-45(29-35-50)43-17-10-6-11-18-43)57-56(49-19-12-7-13-20-49)38-41(3)51-21-14-22-52(39-51)46-26-30-47(31-27-46)53-36-23-40(2)37-54(53)48-32-24-44(25-33-48)42-15-8-5-9-16-42/h5-20,22,26,28-30,32,34-36,38,40,44,51-52,54H,1,21,23-25,27,31,33,37,39H2,2-3H3/b41-38+,57-56?. The summed E-state index contributed by atoms with van der Waals surface area (Å²) in [4.78, 5) is 5.23. The molecule has 4 aromatic rings. The molecule has 0 fully saturated rings. The molecule has 286 valence electrons. The first-order valence-corrected chi connectivity index (χ1v) is 21.4. The summed E-state index contributed by atoms with van der Waals surface area (Å²) in [6.45, 7) is 8.81. The molecule has 57 heavy (non-hydrogen) atoms. The van der Waals surface area contributed by atoms with Crippen LogP contribution < -0.4 is 0 Å². The normalized spacial score (nSPS) is 24.1. The van der Waals surface area contributed by atoms with Crippen molar-refractivity contribution in [3.8, 4) is 11.1 Å². The van der Waals surface area contributed by atoms with E-state index in [1.54, 1.807) is 22.3 Å². The Labute approximate surface area is 342 Å². The molecule has 1 heteroatoms. The van der Waals surface area contributed by atoms with E-state index < -0.39 is 0 Å². The fourth-order valence-corrected chi connectivity index (χ4v) is 9.64. The van der Waals surface area contributed by atoms with Crippen molar-refractivity contribution in [2.24, 2.45) is 28.7 Å². The van der Waals surface area contributed by atoms with E-state index in [2.05, 4.69) is 184 Å². The number of allylic oxidation sites excluding steroid dienone is 12. The summed E-state index contributed by atoms with van der Waals surface area (Å²) in [5, 5.41) is 0. The molecule has 0 N–H and O–H groups in total. The Kier molecular flexibility index (Phi) is 12.2. The second kappa shape index (κ2) is 18.2. The van der Waals surface area contributed by atoms with Crippen LogP contribution in [0.25, 0.3) is 16.8 Å². The molecule has 0 heterocycles. The van der Waals surface area contributed by atoms with Gasteiger partial charge in [0.25, 0.3) is 0 Å². The molecule has 0 amide bonds. The molecule has 5 atom stereocenters. The van der Waals surface area contributed by atoms with Crippen LogP contribution >= 0.6 is 0 Å². The predicted molar refractivity (Wildman–Crippen MR) is 243 cm³/mol. The molecule has 0 aliphatic heterocycles. The fraction of sp³-hybridized carbons (Fsp3) is 0.286. The third-order valence-electron chi connectivity index (χ3n) is 13.0. The van der Waals surface area contributed by atoms with Crippen molar-refractivity contribution in [1.29, 1.82) is 0 Å². The summed E-state index contributed by atoms with van der Waals surface area (Å²) < 4.78 is 0. The zero-order valence-electron chi connectivity index (χ0n) is 33.9. The zero-order chi connectivity index (χ0) is 39.0. The predicted octanol–water partition coefficient (Wildman–Crippen LogP) is 15.0. The van der Waals surface area contributed by atoms with Gasteiger partial charge in [-0.2, -0.15) is 0 Å². The maximum absolute atomic E-state index is 5.23. The molecule has 0 spiro atoms. The van der Waals surface area contributed by atoms with Gasteiger partial charge in [-0.1, -0.05) is 182 Å². The highest BCUT2D eigenvalue weighted by atomic mass is 14.8. The van der Waals surface area contributed by atoms with Crippen molar-refractivity contribution in [1.82, 2.24) is 0 Å². The van der Waals surface area contributed by atoms with Gasteiger partial charge in [0.1, 0.15) is 5.70 Å². The molecular formula is C56H57N. The lowest BCUT2D eigenvalue weighted by Gasteiger charge is -2.35. The first-order chi connectivity index (χ1) is 28.0. The van der Waals surface area contributed by atoms with Crippen LogP contribution in [0.3, 0.4) is 0 Å². The van der Waals surface area contributed by atoms with Crippen molar-refractivity contribution in [2.45, 2.75) is 77.6 Å². The number of benzene rings is 4. The van der Waals surface area contributed by atoms with Crippen LogP contribution in [0, 0.1) is 23.7 Å². The average Bonchev–Trinajstić information content (AvgIpc) is 3.29. The van der Waals surface area contributed by atoms with Crippen molar-refractivity contribution >= 4 is 11.4 Å². The van der Waals surface area contributed by atoms with E-state index >= 15 is 0 Å². The van der Waals surface area contributed by atoms with Crippen LogP contribution in [0.4, 0.5) is 0 Å². The minimum absolute atomic E-state index is 0.464. The third kappa shape index (κ3) is 9.23. The lowest BCUT2D eigenvalue weighted by atomic mass is 9.69. The Morgan fingerprint density at radius 3 is 2.11 bits per heavy atom.